The van der Waals surface area contributed by atoms with Gasteiger partial charge in [-0.2, -0.15) is 5.26 Å². The molecule has 1 aromatic heterocycles. The average molecular weight is 372 g/mol. The molecule has 1 aliphatic carbocycles. The zero-order valence-electron chi connectivity index (χ0n) is 15.3. The van der Waals surface area contributed by atoms with Gasteiger partial charge in [-0.05, 0) is 31.4 Å². The third kappa shape index (κ3) is 4.13. The second kappa shape index (κ2) is 8.25. The molecule has 2 heterocycles. The third-order valence-electron chi connectivity index (χ3n) is 5.25. The number of rotatable bonds is 8. The number of amides is 4. The maximum Gasteiger partial charge on any atom is 0.325 e. The van der Waals surface area contributed by atoms with Crippen molar-refractivity contribution in [1.29, 1.82) is 5.26 Å². The quantitative estimate of drug-likeness (QED) is 0.704. The predicted molar refractivity (Wildman–Crippen MR) is 95.0 cm³/mol. The van der Waals surface area contributed by atoms with Gasteiger partial charge in [-0.3, -0.25) is 14.5 Å². The van der Waals surface area contributed by atoms with Crippen LogP contribution in [0.25, 0.3) is 0 Å². The van der Waals surface area contributed by atoms with Gasteiger partial charge in [0.25, 0.3) is 5.91 Å². The first-order chi connectivity index (χ1) is 13.1. The number of furan rings is 1. The van der Waals surface area contributed by atoms with E-state index < -0.39 is 5.54 Å². The molecule has 0 aromatic carbocycles. The Kier molecular flexibility index (Phi) is 5.79. The van der Waals surface area contributed by atoms with Crippen molar-refractivity contribution >= 4 is 17.8 Å². The standard InChI is InChI=1S/C19H24N4O4/c20-10-5-11-22(14-15-6-4-13-27-15)16(24)7-3-12-23-17(25)19(21-18(23)26)8-1-2-9-19/h4,6,13H,1-3,5,7-9,11-12,14H2,(H,21,26). The molecule has 1 saturated carbocycles. The van der Waals surface area contributed by atoms with Gasteiger partial charge in [0, 0.05) is 19.5 Å². The van der Waals surface area contributed by atoms with E-state index in [4.69, 9.17) is 9.68 Å². The summed E-state index contributed by atoms with van der Waals surface area (Å²) in [5.74, 6) is 0.372. The summed E-state index contributed by atoms with van der Waals surface area (Å²) in [7, 11) is 0. The summed E-state index contributed by atoms with van der Waals surface area (Å²) < 4.78 is 5.28. The predicted octanol–water partition coefficient (Wildman–Crippen LogP) is 2.17. The number of nitrogens with one attached hydrogen (secondary N) is 1. The molecule has 0 unspecified atom stereocenters. The van der Waals surface area contributed by atoms with Crippen LogP contribution in [-0.4, -0.2) is 46.3 Å². The number of hydrogen-bond acceptors (Lipinski definition) is 5. The topological polar surface area (TPSA) is 107 Å². The first-order valence-electron chi connectivity index (χ1n) is 9.37. The summed E-state index contributed by atoms with van der Waals surface area (Å²) >= 11 is 0. The molecule has 144 valence electrons. The van der Waals surface area contributed by atoms with Gasteiger partial charge in [-0.1, -0.05) is 12.8 Å². The average Bonchev–Trinajstić information content (AvgIpc) is 3.37. The molecule has 4 amide bonds. The van der Waals surface area contributed by atoms with Crippen molar-refractivity contribution in [3.05, 3.63) is 24.2 Å². The highest BCUT2D eigenvalue weighted by Crippen LogP contribution is 2.35. The van der Waals surface area contributed by atoms with Crippen LogP contribution in [0, 0.1) is 11.3 Å². The number of carbonyl (C=O) groups excluding carboxylic acids is 3. The Balaban J connectivity index is 1.52. The number of nitrogens with zero attached hydrogens (tertiary/aromatic N) is 3. The minimum Gasteiger partial charge on any atom is -0.467 e. The second-order valence-electron chi connectivity index (χ2n) is 7.08. The Morgan fingerprint density at radius 3 is 2.81 bits per heavy atom. The minimum atomic E-state index is -0.709. The van der Waals surface area contributed by atoms with Gasteiger partial charge in [0.15, 0.2) is 0 Å². The van der Waals surface area contributed by atoms with Crippen LogP contribution in [0.1, 0.15) is 50.7 Å². The lowest BCUT2D eigenvalue weighted by Gasteiger charge is -2.22. The van der Waals surface area contributed by atoms with Crippen molar-refractivity contribution in [3.8, 4) is 6.07 Å². The monoisotopic (exact) mass is 372 g/mol. The molecular formula is C19H24N4O4. The van der Waals surface area contributed by atoms with Crippen LogP contribution in [0.15, 0.2) is 22.8 Å². The first kappa shape index (κ1) is 19.0. The fourth-order valence-corrected chi connectivity index (χ4v) is 3.81. The van der Waals surface area contributed by atoms with E-state index in [1.165, 1.54) is 4.90 Å². The summed E-state index contributed by atoms with van der Waals surface area (Å²) in [4.78, 5) is 40.1. The van der Waals surface area contributed by atoms with E-state index >= 15 is 0 Å². The van der Waals surface area contributed by atoms with Crippen molar-refractivity contribution in [2.24, 2.45) is 0 Å². The highest BCUT2D eigenvalue weighted by molar-refractivity contribution is 6.07. The molecule has 1 saturated heterocycles. The highest BCUT2D eigenvalue weighted by atomic mass is 16.3. The van der Waals surface area contributed by atoms with Crippen LogP contribution in [0.4, 0.5) is 4.79 Å². The summed E-state index contributed by atoms with van der Waals surface area (Å²) in [6, 6.07) is 5.21. The Labute approximate surface area is 158 Å². The normalized spacial score (nSPS) is 18.0. The molecule has 0 bridgehead atoms. The number of hydrogen-bond donors (Lipinski definition) is 1. The van der Waals surface area contributed by atoms with Crippen molar-refractivity contribution < 1.29 is 18.8 Å². The van der Waals surface area contributed by atoms with E-state index in [1.54, 1.807) is 23.3 Å². The molecule has 1 aliphatic heterocycles. The van der Waals surface area contributed by atoms with E-state index in [0.29, 0.717) is 38.1 Å². The summed E-state index contributed by atoms with van der Waals surface area (Å²) in [5.41, 5.74) is -0.709. The van der Waals surface area contributed by atoms with Crippen molar-refractivity contribution in [2.45, 2.75) is 57.0 Å². The van der Waals surface area contributed by atoms with Gasteiger partial charge < -0.3 is 14.6 Å². The Hall–Kier alpha value is -2.82. The lowest BCUT2D eigenvalue weighted by atomic mass is 9.98. The van der Waals surface area contributed by atoms with E-state index in [-0.39, 0.29) is 37.2 Å². The molecule has 1 spiro atoms. The van der Waals surface area contributed by atoms with E-state index in [2.05, 4.69) is 5.32 Å². The summed E-state index contributed by atoms with van der Waals surface area (Å²) in [5, 5.41) is 11.6. The van der Waals surface area contributed by atoms with Crippen LogP contribution in [0.3, 0.4) is 0 Å². The largest absolute Gasteiger partial charge is 0.467 e. The molecule has 8 nitrogen and oxygen atoms in total. The lowest BCUT2D eigenvalue weighted by molar-refractivity contribution is -0.134. The molecular weight excluding hydrogens is 348 g/mol. The molecule has 3 rings (SSSR count). The minimum absolute atomic E-state index is 0.121. The fourth-order valence-electron chi connectivity index (χ4n) is 3.81. The molecule has 27 heavy (non-hydrogen) atoms. The zero-order valence-corrected chi connectivity index (χ0v) is 15.3. The van der Waals surface area contributed by atoms with Gasteiger partial charge in [0.05, 0.1) is 25.3 Å². The van der Waals surface area contributed by atoms with Gasteiger partial charge in [0.2, 0.25) is 5.91 Å². The van der Waals surface area contributed by atoms with Crippen LogP contribution in [0.2, 0.25) is 0 Å². The van der Waals surface area contributed by atoms with E-state index in [0.717, 1.165) is 12.8 Å². The molecule has 8 heteroatoms. The van der Waals surface area contributed by atoms with Gasteiger partial charge in [-0.25, -0.2) is 4.79 Å². The first-order valence-corrected chi connectivity index (χ1v) is 9.37. The van der Waals surface area contributed by atoms with E-state index in [9.17, 15) is 14.4 Å². The lowest BCUT2D eigenvalue weighted by Crippen LogP contribution is -2.44. The Bertz CT molecular complexity index is 731. The smallest absolute Gasteiger partial charge is 0.325 e. The van der Waals surface area contributed by atoms with Gasteiger partial charge in [-0.15, -0.1) is 0 Å². The van der Waals surface area contributed by atoms with Crippen LogP contribution < -0.4 is 5.32 Å². The fraction of sp³-hybridized carbons (Fsp3) is 0.579. The van der Waals surface area contributed by atoms with Crippen molar-refractivity contribution in [2.75, 3.05) is 13.1 Å². The van der Waals surface area contributed by atoms with Gasteiger partial charge >= 0.3 is 6.03 Å². The highest BCUT2D eigenvalue weighted by Gasteiger charge is 2.52. The molecule has 1 aromatic rings. The van der Waals surface area contributed by atoms with Crippen LogP contribution in [0.5, 0.6) is 0 Å². The van der Waals surface area contributed by atoms with Crippen LogP contribution in [-0.2, 0) is 16.1 Å². The number of carbonyl (C=O) groups is 3. The summed E-state index contributed by atoms with van der Waals surface area (Å²) in [6.45, 7) is 0.854. The Morgan fingerprint density at radius 2 is 2.15 bits per heavy atom. The summed E-state index contributed by atoms with van der Waals surface area (Å²) in [6.07, 6.45) is 5.65. The molecule has 2 fully saturated rings. The van der Waals surface area contributed by atoms with Crippen molar-refractivity contribution in [3.63, 3.8) is 0 Å². The van der Waals surface area contributed by atoms with Gasteiger partial charge in [0.1, 0.15) is 11.3 Å². The number of urea groups is 1. The number of nitriles is 1. The second-order valence-corrected chi connectivity index (χ2v) is 7.08. The molecule has 2 aliphatic rings. The van der Waals surface area contributed by atoms with E-state index in [1.807, 2.05) is 6.07 Å². The SMILES string of the molecule is N#CCCN(Cc1ccco1)C(=O)CCCN1C(=O)NC2(CCCC2)C1=O. The zero-order chi connectivity index (χ0) is 19.3. The third-order valence-corrected chi connectivity index (χ3v) is 5.25. The van der Waals surface area contributed by atoms with Crippen molar-refractivity contribution in [1.82, 2.24) is 15.1 Å². The molecule has 0 radical (unpaired) electrons. The Morgan fingerprint density at radius 1 is 1.37 bits per heavy atom. The number of imide groups is 1. The maximum atomic E-state index is 12.6. The van der Waals surface area contributed by atoms with Crippen LogP contribution >= 0.6 is 0 Å². The molecule has 0 atom stereocenters. The molecule has 1 N–H and O–H groups in total. The maximum absolute atomic E-state index is 12.6.